The van der Waals surface area contributed by atoms with Crippen molar-refractivity contribution in [3.63, 3.8) is 0 Å². The van der Waals surface area contributed by atoms with Gasteiger partial charge < -0.3 is 9.32 Å². The lowest BCUT2D eigenvalue weighted by Crippen LogP contribution is -2.29. The van der Waals surface area contributed by atoms with Crippen LogP contribution in [0.5, 0.6) is 0 Å². The summed E-state index contributed by atoms with van der Waals surface area (Å²) in [5.74, 6) is 0. The molecule has 0 saturated heterocycles. The molecule has 15 rings (SSSR count). The van der Waals surface area contributed by atoms with Gasteiger partial charge >= 0.3 is 0 Å². The third-order valence-electron chi connectivity index (χ3n) is 15.8. The number of para-hydroxylation sites is 2. The minimum Gasteiger partial charge on any atom is -0.455 e. The standard InChI is InChI=1S/C73H47NOS/c1-3-17-48(18-4-1)50-35-41-54(42-36-50)74(55-43-37-51(38-44-55)49-19-5-2-6-20-49)56-45-46-60-58-21-7-11-29-66(58)73(68(60)47-56,53-39-33-52(34-40-53)57-25-15-26-63-61-23-9-13-31-69(61)75-71(57)63)67-30-12-8-22-59(67)64-27-16-28-65-62-24-10-14-32-70(62)76-72(64)65/h1-47H. The Bertz CT molecular complexity index is 4410. The second kappa shape index (κ2) is 17.8. The maximum absolute atomic E-state index is 6.63. The Morgan fingerprint density at radius 3 is 1.45 bits per heavy atom. The molecular formula is C73H47NOS. The van der Waals surface area contributed by atoms with Crippen LogP contribution in [0.3, 0.4) is 0 Å². The fourth-order valence-electron chi connectivity index (χ4n) is 12.4. The van der Waals surface area contributed by atoms with Gasteiger partial charge in [-0.1, -0.05) is 237 Å². The van der Waals surface area contributed by atoms with Crippen molar-refractivity contribution >= 4 is 70.5 Å². The number of benzene rings is 12. The lowest BCUT2D eigenvalue weighted by molar-refractivity contribution is 0.670. The lowest BCUT2D eigenvalue weighted by atomic mass is 9.65. The van der Waals surface area contributed by atoms with Gasteiger partial charge in [-0.15, -0.1) is 11.3 Å². The molecule has 0 fully saturated rings. The third kappa shape index (κ3) is 6.94. The maximum atomic E-state index is 6.63. The summed E-state index contributed by atoms with van der Waals surface area (Å²) in [5.41, 5.74) is 21.1. The van der Waals surface area contributed by atoms with E-state index in [1.54, 1.807) is 0 Å². The zero-order chi connectivity index (χ0) is 50.2. The number of fused-ring (bicyclic) bond motifs is 9. The van der Waals surface area contributed by atoms with Gasteiger partial charge in [0.2, 0.25) is 0 Å². The Kier molecular flexibility index (Phi) is 10.3. The molecule has 14 aromatic rings. The molecule has 0 amide bonds. The van der Waals surface area contributed by atoms with Crippen molar-refractivity contribution in [2.75, 3.05) is 4.90 Å². The molecule has 0 spiro atoms. The van der Waals surface area contributed by atoms with E-state index in [2.05, 4.69) is 284 Å². The Labute approximate surface area is 445 Å². The summed E-state index contributed by atoms with van der Waals surface area (Å²) in [4.78, 5) is 2.43. The van der Waals surface area contributed by atoms with Crippen LogP contribution in [0.1, 0.15) is 22.3 Å². The van der Waals surface area contributed by atoms with Gasteiger partial charge in [0.25, 0.3) is 0 Å². The van der Waals surface area contributed by atoms with Crippen molar-refractivity contribution in [2.45, 2.75) is 5.41 Å². The maximum Gasteiger partial charge on any atom is 0.143 e. The van der Waals surface area contributed by atoms with E-state index in [0.717, 1.165) is 50.1 Å². The van der Waals surface area contributed by atoms with E-state index in [0.29, 0.717) is 0 Å². The quantitative estimate of drug-likeness (QED) is 0.143. The normalized spacial score (nSPS) is 13.8. The summed E-state index contributed by atoms with van der Waals surface area (Å²) >= 11 is 1.89. The van der Waals surface area contributed by atoms with Gasteiger partial charge in [-0.05, 0) is 121 Å². The Morgan fingerprint density at radius 2 is 0.776 bits per heavy atom. The van der Waals surface area contributed by atoms with Crippen molar-refractivity contribution in [2.24, 2.45) is 0 Å². The molecule has 3 heteroatoms. The number of anilines is 3. The molecular weight excluding hydrogens is 939 g/mol. The summed E-state index contributed by atoms with van der Waals surface area (Å²) in [6.07, 6.45) is 0. The van der Waals surface area contributed by atoms with Crippen molar-refractivity contribution in [3.05, 3.63) is 307 Å². The van der Waals surface area contributed by atoms with E-state index < -0.39 is 5.41 Å². The van der Waals surface area contributed by atoms with Crippen molar-refractivity contribution in [1.82, 2.24) is 0 Å². The Balaban J connectivity index is 0.978. The van der Waals surface area contributed by atoms with Crippen LogP contribution in [0, 0.1) is 0 Å². The van der Waals surface area contributed by atoms with Crippen molar-refractivity contribution in [3.8, 4) is 55.6 Å². The van der Waals surface area contributed by atoms with E-state index >= 15 is 0 Å². The molecule has 1 atom stereocenters. The van der Waals surface area contributed by atoms with Crippen LogP contribution < -0.4 is 4.90 Å². The molecule has 0 radical (unpaired) electrons. The number of hydrogen-bond donors (Lipinski definition) is 0. The highest BCUT2D eigenvalue weighted by atomic mass is 32.1. The van der Waals surface area contributed by atoms with Crippen LogP contribution in [-0.4, -0.2) is 0 Å². The summed E-state index contributed by atoms with van der Waals surface area (Å²) in [7, 11) is 0. The molecule has 1 aliphatic carbocycles. The highest BCUT2D eigenvalue weighted by molar-refractivity contribution is 7.26. The van der Waals surface area contributed by atoms with E-state index in [1.807, 2.05) is 17.4 Å². The third-order valence-corrected chi connectivity index (χ3v) is 17.0. The van der Waals surface area contributed by atoms with Crippen molar-refractivity contribution < 1.29 is 4.42 Å². The Morgan fingerprint density at radius 1 is 0.303 bits per heavy atom. The second-order valence-electron chi connectivity index (χ2n) is 19.9. The topological polar surface area (TPSA) is 16.4 Å². The first kappa shape index (κ1) is 44.0. The second-order valence-corrected chi connectivity index (χ2v) is 20.9. The van der Waals surface area contributed by atoms with Gasteiger partial charge in [-0.2, -0.15) is 0 Å². The van der Waals surface area contributed by atoms with Crippen LogP contribution in [0.15, 0.2) is 290 Å². The minimum absolute atomic E-state index is 0.749. The van der Waals surface area contributed by atoms with Gasteiger partial charge in [0.1, 0.15) is 11.2 Å². The number of furan rings is 1. The van der Waals surface area contributed by atoms with Gasteiger partial charge in [0.15, 0.2) is 0 Å². The molecule has 0 N–H and O–H groups in total. The predicted octanol–water partition coefficient (Wildman–Crippen LogP) is 20.5. The van der Waals surface area contributed by atoms with Crippen molar-refractivity contribution in [1.29, 1.82) is 0 Å². The zero-order valence-corrected chi connectivity index (χ0v) is 42.2. The lowest BCUT2D eigenvalue weighted by Gasteiger charge is -2.36. The highest BCUT2D eigenvalue weighted by Crippen LogP contribution is 2.59. The minimum atomic E-state index is -0.749. The van der Waals surface area contributed by atoms with Crippen LogP contribution >= 0.6 is 11.3 Å². The smallest absolute Gasteiger partial charge is 0.143 e. The van der Waals surface area contributed by atoms with Crippen LogP contribution in [0.4, 0.5) is 17.1 Å². The molecule has 2 nitrogen and oxygen atoms in total. The van der Waals surface area contributed by atoms with E-state index in [4.69, 9.17) is 4.42 Å². The molecule has 356 valence electrons. The zero-order valence-electron chi connectivity index (χ0n) is 41.4. The predicted molar refractivity (Wildman–Crippen MR) is 320 cm³/mol. The average Bonchev–Trinajstić information content (AvgIpc) is 4.37. The van der Waals surface area contributed by atoms with Gasteiger partial charge in [0.05, 0.1) is 5.41 Å². The molecule has 1 aliphatic rings. The Hall–Kier alpha value is -9.54. The van der Waals surface area contributed by atoms with Gasteiger partial charge in [-0.3, -0.25) is 0 Å². The molecule has 0 aliphatic heterocycles. The number of hydrogen-bond acceptors (Lipinski definition) is 3. The summed E-state index contributed by atoms with van der Waals surface area (Å²) in [6, 6.07) is 105. The van der Waals surface area contributed by atoms with E-state index in [9.17, 15) is 0 Å². The molecule has 2 heterocycles. The number of nitrogens with zero attached hydrogens (tertiary/aromatic N) is 1. The van der Waals surface area contributed by atoms with Crippen LogP contribution in [-0.2, 0) is 5.41 Å². The molecule has 76 heavy (non-hydrogen) atoms. The first-order chi connectivity index (χ1) is 37.7. The first-order valence-electron chi connectivity index (χ1n) is 26.1. The first-order valence-corrected chi connectivity index (χ1v) is 26.9. The van der Waals surface area contributed by atoms with Gasteiger partial charge in [-0.25, -0.2) is 0 Å². The number of rotatable bonds is 9. The molecule has 2 aromatic heterocycles. The SMILES string of the molecule is c1ccc(-c2ccc(N(c3ccc(-c4ccccc4)cc3)c3ccc4c(c3)C(c3ccc(-c5cccc6c5oc5ccccc56)cc3)(c3ccccc3-c3cccc5c3sc3ccccc35)c3ccccc3-4)cc2)cc1. The van der Waals surface area contributed by atoms with Crippen LogP contribution in [0.2, 0.25) is 0 Å². The summed E-state index contributed by atoms with van der Waals surface area (Å²) in [6.45, 7) is 0. The largest absolute Gasteiger partial charge is 0.455 e. The highest BCUT2D eigenvalue weighted by Gasteiger charge is 2.48. The van der Waals surface area contributed by atoms with Crippen LogP contribution in [0.25, 0.3) is 97.7 Å². The summed E-state index contributed by atoms with van der Waals surface area (Å²) in [5, 5.41) is 4.83. The molecule has 12 aromatic carbocycles. The monoisotopic (exact) mass is 985 g/mol. The fourth-order valence-corrected chi connectivity index (χ4v) is 13.6. The summed E-state index contributed by atoms with van der Waals surface area (Å²) < 4.78 is 9.22. The molecule has 0 saturated carbocycles. The average molecular weight is 986 g/mol. The number of thiophene rings is 1. The fraction of sp³-hybridized carbons (Fsp3) is 0.0137. The van der Waals surface area contributed by atoms with E-state index in [1.165, 1.54) is 86.9 Å². The molecule has 0 bridgehead atoms. The molecule has 1 unspecified atom stereocenters. The van der Waals surface area contributed by atoms with Gasteiger partial charge in [0, 0.05) is 53.6 Å². The van der Waals surface area contributed by atoms with E-state index in [-0.39, 0.29) is 0 Å².